The van der Waals surface area contributed by atoms with Crippen molar-refractivity contribution in [3.05, 3.63) is 62.9 Å². The highest BCUT2D eigenvalue weighted by molar-refractivity contribution is 6.42. The van der Waals surface area contributed by atoms with E-state index in [-0.39, 0.29) is 17.9 Å². The van der Waals surface area contributed by atoms with E-state index in [2.05, 4.69) is 11.7 Å². The second-order valence-corrected chi connectivity index (χ2v) is 8.27. The molecule has 1 aromatic heterocycles. The van der Waals surface area contributed by atoms with Crippen molar-refractivity contribution in [2.45, 2.75) is 32.5 Å². The van der Waals surface area contributed by atoms with Gasteiger partial charge in [0.1, 0.15) is 5.69 Å². The van der Waals surface area contributed by atoms with Crippen LogP contribution in [-0.4, -0.2) is 51.0 Å². The Kier molecular flexibility index (Phi) is 4.71. The van der Waals surface area contributed by atoms with Crippen LogP contribution in [0.15, 0.2) is 30.4 Å². The van der Waals surface area contributed by atoms with Gasteiger partial charge in [0.25, 0.3) is 11.8 Å². The molecule has 0 bridgehead atoms. The summed E-state index contributed by atoms with van der Waals surface area (Å²) in [5, 5.41) is 5.41. The van der Waals surface area contributed by atoms with Gasteiger partial charge in [0.15, 0.2) is 0 Å². The van der Waals surface area contributed by atoms with Gasteiger partial charge in [-0.15, -0.1) is 0 Å². The Bertz CT molecular complexity index is 1010. The molecule has 2 amide bonds. The molecule has 2 aromatic rings. The first kappa shape index (κ1) is 19.0. The van der Waals surface area contributed by atoms with Crippen molar-refractivity contribution in [1.29, 1.82) is 0 Å². The number of nitrogens with zero attached hydrogens (tertiary/aromatic N) is 4. The van der Waals surface area contributed by atoms with Gasteiger partial charge in [0, 0.05) is 37.2 Å². The summed E-state index contributed by atoms with van der Waals surface area (Å²) >= 11 is 12.1. The fourth-order valence-electron chi connectivity index (χ4n) is 3.87. The van der Waals surface area contributed by atoms with E-state index < -0.39 is 0 Å². The van der Waals surface area contributed by atoms with Crippen LogP contribution in [0.3, 0.4) is 0 Å². The van der Waals surface area contributed by atoms with Gasteiger partial charge in [-0.05, 0) is 30.7 Å². The van der Waals surface area contributed by atoms with Crippen molar-refractivity contribution in [2.75, 3.05) is 13.6 Å². The summed E-state index contributed by atoms with van der Waals surface area (Å²) in [5.41, 5.74) is 3.64. The molecule has 1 atom stereocenters. The van der Waals surface area contributed by atoms with Crippen LogP contribution in [0, 0.1) is 0 Å². The Morgan fingerprint density at radius 3 is 2.68 bits per heavy atom. The summed E-state index contributed by atoms with van der Waals surface area (Å²) in [5.74, 6) is -0.237. The highest BCUT2D eigenvalue weighted by Gasteiger charge is 2.36. The SMILES string of the molecule is C=C1CN(C)C(=O)c2c3c(nn2C1)C[C@@H](C)N(C(=O)c1ccc(Cl)c(Cl)c1)C3. The number of fused-ring (bicyclic) bond motifs is 3. The lowest BCUT2D eigenvalue weighted by molar-refractivity contribution is 0.0651. The van der Waals surface area contributed by atoms with Gasteiger partial charge < -0.3 is 9.80 Å². The van der Waals surface area contributed by atoms with Crippen molar-refractivity contribution >= 4 is 35.0 Å². The van der Waals surface area contributed by atoms with E-state index in [1.54, 1.807) is 39.7 Å². The van der Waals surface area contributed by atoms with Gasteiger partial charge >= 0.3 is 0 Å². The zero-order valence-electron chi connectivity index (χ0n) is 15.7. The number of carbonyl (C=O) groups is 2. The van der Waals surface area contributed by atoms with Crippen LogP contribution >= 0.6 is 23.2 Å². The third-order valence-corrected chi connectivity index (χ3v) is 6.03. The lowest BCUT2D eigenvalue weighted by Gasteiger charge is -2.33. The molecule has 0 aliphatic carbocycles. The van der Waals surface area contributed by atoms with E-state index in [4.69, 9.17) is 23.2 Å². The van der Waals surface area contributed by atoms with Crippen LogP contribution in [-0.2, 0) is 19.5 Å². The minimum absolute atomic E-state index is 0.0513. The average Bonchev–Trinajstić information content (AvgIpc) is 2.93. The maximum atomic E-state index is 13.1. The fourth-order valence-corrected chi connectivity index (χ4v) is 4.16. The zero-order valence-corrected chi connectivity index (χ0v) is 17.2. The molecular formula is C20H20Cl2N4O2. The number of aromatic nitrogens is 2. The molecular weight excluding hydrogens is 399 g/mol. The van der Waals surface area contributed by atoms with E-state index in [0.29, 0.717) is 47.4 Å². The summed E-state index contributed by atoms with van der Waals surface area (Å²) in [4.78, 5) is 29.4. The van der Waals surface area contributed by atoms with Gasteiger partial charge in [0.2, 0.25) is 0 Å². The number of amides is 2. The van der Waals surface area contributed by atoms with E-state index >= 15 is 0 Å². The Balaban J connectivity index is 1.71. The number of hydrogen-bond acceptors (Lipinski definition) is 3. The smallest absolute Gasteiger partial charge is 0.272 e. The Hall–Kier alpha value is -2.31. The number of hydrogen-bond donors (Lipinski definition) is 0. The van der Waals surface area contributed by atoms with Crippen LogP contribution in [0.5, 0.6) is 0 Å². The van der Waals surface area contributed by atoms with Crippen molar-refractivity contribution in [3.63, 3.8) is 0 Å². The highest BCUT2D eigenvalue weighted by Crippen LogP contribution is 2.30. The Morgan fingerprint density at radius 1 is 1.21 bits per heavy atom. The maximum Gasteiger partial charge on any atom is 0.272 e. The third kappa shape index (κ3) is 3.10. The predicted molar refractivity (Wildman–Crippen MR) is 108 cm³/mol. The quantitative estimate of drug-likeness (QED) is 0.666. The summed E-state index contributed by atoms with van der Waals surface area (Å²) < 4.78 is 1.73. The van der Waals surface area contributed by atoms with Crippen molar-refractivity contribution in [2.24, 2.45) is 0 Å². The molecule has 8 heteroatoms. The Labute approximate surface area is 173 Å². The molecule has 28 heavy (non-hydrogen) atoms. The molecule has 3 heterocycles. The van der Waals surface area contributed by atoms with Crippen LogP contribution < -0.4 is 0 Å². The monoisotopic (exact) mass is 418 g/mol. The standard InChI is InChI=1S/C20H20Cl2N4O2/c1-11-8-24(3)20(28)18-14-10-25(12(2)6-17(14)23-26(18)9-11)19(27)13-4-5-15(21)16(22)7-13/h4-5,7,12H,1,6,8-10H2,2-3H3/t12-/m1/s1. The topological polar surface area (TPSA) is 58.4 Å². The molecule has 0 fully saturated rings. The molecule has 0 radical (unpaired) electrons. The zero-order chi connectivity index (χ0) is 20.2. The molecule has 4 rings (SSSR count). The minimum Gasteiger partial charge on any atom is -0.336 e. The van der Waals surface area contributed by atoms with E-state index in [0.717, 1.165) is 16.8 Å². The fraction of sp³-hybridized carbons (Fsp3) is 0.350. The number of rotatable bonds is 1. The Morgan fingerprint density at radius 2 is 1.96 bits per heavy atom. The summed E-state index contributed by atoms with van der Waals surface area (Å²) in [6.07, 6.45) is 0.589. The summed E-state index contributed by atoms with van der Waals surface area (Å²) in [7, 11) is 1.76. The number of benzene rings is 1. The normalized spacial score (nSPS) is 19.4. The maximum absolute atomic E-state index is 13.1. The molecule has 0 saturated heterocycles. The molecule has 0 N–H and O–H groups in total. The first-order valence-corrected chi connectivity index (χ1v) is 9.78. The third-order valence-electron chi connectivity index (χ3n) is 5.29. The number of likely N-dealkylation sites (N-methyl/N-ethyl adjacent to an activating group) is 1. The van der Waals surface area contributed by atoms with Gasteiger partial charge in [-0.2, -0.15) is 5.10 Å². The van der Waals surface area contributed by atoms with Crippen LogP contribution in [0.25, 0.3) is 0 Å². The predicted octanol–water partition coefficient (Wildman–Crippen LogP) is 3.42. The van der Waals surface area contributed by atoms with Crippen molar-refractivity contribution in [1.82, 2.24) is 19.6 Å². The molecule has 146 valence electrons. The second-order valence-electron chi connectivity index (χ2n) is 7.46. The van der Waals surface area contributed by atoms with Gasteiger partial charge in [0.05, 0.1) is 28.8 Å². The minimum atomic E-state index is -0.143. The summed E-state index contributed by atoms with van der Waals surface area (Å²) in [6, 6.07) is 4.81. The molecule has 2 aliphatic rings. The van der Waals surface area contributed by atoms with Crippen molar-refractivity contribution in [3.8, 4) is 0 Å². The van der Waals surface area contributed by atoms with Crippen LogP contribution in [0.2, 0.25) is 10.0 Å². The number of carbonyl (C=O) groups excluding carboxylic acids is 2. The van der Waals surface area contributed by atoms with Gasteiger partial charge in [-0.3, -0.25) is 14.3 Å². The molecule has 0 unspecified atom stereocenters. The lowest BCUT2D eigenvalue weighted by atomic mass is 9.98. The average molecular weight is 419 g/mol. The van der Waals surface area contributed by atoms with Crippen molar-refractivity contribution < 1.29 is 9.59 Å². The molecule has 6 nitrogen and oxygen atoms in total. The lowest BCUT2D eigenvalue weighted by Crippen LogP contribution is -2.43. The molecule has 0 spiro atoms. The highest BCUT2D eigenvalue weighted by atomic mass is 35.5. The largest absolute Gasteiger partial charge is 0.336 e. The van der Waals surface area contributed by atoms with Gasteiger partial charge in [-0.1, -0.05) is 29.8 Å². The summed E-state index contributed by atoms with van der Waals surface area (Å²) in [6.45, 7) is 7.35. The van der Waals surface area contributed by atoms with E-state index in [1.807, 2.05) is 6.92 Å². The molecule has 1 aromatic carbocycles. The van der Waals surface area contributed by atoms with E-state index in [1.165, 1.54) is 0 Å². The molecule has 2 aliphatic heterocycles. The number of halogens is 2. The first-order valence-electron chi connectivity index (χ1n) is 9.03. The van der Waals surface area contributed by atoms with Gasteiger partial charge in [-0.25, -0.2) is 0 Å². The second kappa shape index (κ2) is 6.94. The molecule has 0 saturated carbocycles. The van der Waals surface area contributed by atoms with Crippen LogP contribution in [0.4, 0.5) is 0 Å². The van der Waals surface area contributed by atoms with Crippen LogP contribution in [0.1, 0.15) is 39.0 Å². The first-order chi connectivity index (χ1) is 13.3. The van der Waals surface area contributed by atoms with E-state index in [9.17, 15) is 9.59 Å².